The van der Waals surface area contributed by atoms with Gasteiger partial charge in [-0.05, 0) is 35.9 Å². The number of rotatable bonds is 5. The first-order chi connectivity index (χ1) is 11.9. The van der Waals surface area contributed by atoms with Gasteiger partial charge in [-0.15, -0.1) is 0 Å². The van der Waals surface area contributed by atoms with E-state index in [9.17, 15) is 18.0 Å². The summed E-state index contributed by atoms with van der Waals surface area (Å²) in [4.78, 5) is 11.9. The van der Waals surface area contributed by atoms with E-state index < -0.39 is 17.7 Å². The fourth-order valence-electron chi connectivity index (χ4n) is 2.14. The molecule has 0 amide bonds. The van der Waals surface area contributed by atoms with Gasteiger partial charge in [-0.2, -0.15) is 18.3 Å². The lowest BCUT2D eigenvalue weighted by atomic mass is 10.1. The quantitative estimate of drug-likeness (QED) is 0.655. The molecule has 8 heteroatoms. The lowest BCUT2D eigenvalue weighted by molar-refractivity contribution is -0.137. The Hall–Kier alpha value is -3.03. The van der Waals surface area contributed by atoms with Gasteiger partial charge in [0.1, 0.15) is 12.4 Å². The Balaban J connectivity index is 1.56. The first-order valence-corrected chi connectivity index (χ1v) is 7.31. The zero-order valence-electron chi connectivity index (χ0n) is 12.9. The van der Waals surface area contributed by atoms with E-state index >= 15 is 0 Å². The van der Waals surface area contributed by atoms with Crippen LogP contribution in [0.1, 0.15) is 27.4 Å². The van der Waals surface area contributed by atoms with Gasteiger partial charge in [0.05, 0.1) is 12.1 Å². The van der Waals surface area contributed by atoms with Gasteiger partial charge in [-0.25, -0.2) is 4.79 Å². The SMILES string of the molecule is O=C(OCc1ccc(C(F)(F)F)cc1)c1ccc(Cn2cccn2)o1. The normalized spacial score (nSPS) is 11.5. The van der Waals surface area contributed by atoms with Crippen LogP contribution >= 0.6 is 0 Å². The summed E-state index contributed by atoms with van der Waals surface area (Å²) in [5.74, 6) is -0.133. The Morgan fingerprint density at radius 1 is 1.16 bits per heavy atom. The van der Waals surface area contributed by atoms with Crippen molar-refractivity contribution in [1.29, 1.82) is 0 Å². The zero-order chi connectivity index (χ0) is 17.9. The van der Waals surface area contributed by atoms with Gasteiger partial charge in [-0.3, -0.25) is 4.68 Å². The van der Waals surface area contributed by atoms with E-state index in [1.165, 1.54) is 18.2 Å². The maximum absolute atomic E-state index is 12.5. The Labute approximate surface area is 140 Å². The first kappa shape index (κ1) is 16.8. The van der Waals surface area contributed by atoms with Crippen molar-refractivity contribution in [3.05, 3.63) is 77.5 Å². The number of aromatic nitrogens is 2. The molecule has 25 heavy (non-hydrogen) atoms. The molecule has 0 unspecified atom stereocenters. The molecule has 0 N–H and O–H groups in total. The van der Waals surface area contributed by atoms with Crippen LogP contribution in [0.15, 0.2) is 59.3 Å². The summed E-state index contributed by atoms with van der Waals surface area (Å²) < 4.78 is 49.5. The number of esters is 1. The molecule has 0 saturated heterocycles. The molecule has 0 aliphatic heterocycles. The average molecular weight is 350 g/mol. The Bertz CT molecular complexity index is 837. The second kappa shape index (κ2) is 6.84. The molecule has 0 spiro atoms. The van der Waals surface area contributed by atoms with Crippen LogP contribution in [0.5, 0.6) is 0 Å². The fourth-order valence-corrected chi connectivity index (χ4v) is 2.14. The second-order valence-electron chi connectivity index (χ2n) is 5.24. The van der Waals surface area contributed by atoms with E-state index in [4.69, 9.17) is 9.15 Å². The van der Waals surface area contributed by atoms with Gasteiger partial charge < -0.3 is 9.15 Å². The average Bonchev–Trinajstić information content (AvgIpc) is 3.24. The van der Waals surface area contributed by atoms with E-state index in [0.29, 0.717) is 17.9 Å². The summed E-state index contributed by atoms with van der Waals surface area (Å²) >= 11 is 0. The molecular formula is C17H13F3N2O3. The van der Waals surface area contributed by atoms with E-state index in [1.54, 1.807) is 29.2 Å². The number of alkyl halides is 3. The fraction of sp³-hybridized carbons (Fsp3) is 0.176. The van der Waals surface area contributed by atoms with Crippen molar-refractivity contribution in [1.82, 2.24) is 9.78 Å². The summed E-state index contributed by atoms with van der Waals surface area (Å²) in [5, 5.41) is 4.03. The molecule has 1 aromatic carbocycles. The predicted molar refractivity (Wildman–Crippen MR) is 80.6 cm³/mol. The molecule has 0 radical (unpaired) electrons. The third kappa shape index (κ3) is 4.28. The minimum atomic E-state index is -4.39. The van der Waals surface area contributed by atoms with Crippen LogP contribution in [0.4, 0.5) is 13.2 Å². The van der Waals surface area contributed by atoms with Crippen molar-refractivity contribution in [2.45, 2.75) is 19.3 Å². The topological polar surface area (TPSA) is 57.3 Å². The maximum Gasteiger partial charge on any atom is 0.416 e. The molecule has 2 aromatic heterocycles. The minimum Gasteiger partial charge on any atom is -0.455 e. The summed E-state index contributed by atoms with van der Waals surface area (Å²) in [5.41, 5.74) is -0.304. The third-order valence-electron chi connectivity index (χ3n) is 3.39. The van der Waals surface area contributed by atoms with Gasteiger partial charge in [0.15, 0.2) is 0 Å². The van der Waals surface area contributed by atoms with Gasteiger partial charge in [0.25, 0.3) is 0 Å². The molecule has 2 heterocycles. The van der Waals surface area contributed by atoms with Crippen LogP contribution in [-0.2, 0) is 24.1 Å². The van der Waals surface area contributed by atoms with Crippen molar-refractivity contribution < 1.29 is 27.1 Å². The standard InChI is InChI=1S/C17H13F3N2O3/c18-17(19,20)13-4-2-12(3-5-13)11-24-16(23)15-7-6-14(25-15)10-22-9-1-8-21-22/h1-9H,10-11H2. The van der Waals surface area contributed by atoms with E-state index in [1.807, 2.05) is 0 Å². The van der Waals surface area contributed by atoms with Crippen LogP contribution in [0, 0.1) is 0 Å². The lowest BCUT2D eigenvalue weighted by Gasteiger charge is -2.07. The zero-order valence-corrected chi connectivity index (χ0v) is 12.9. The molecule has 0 aliphatic rings. The summed E-state index contributed by atoms with van der Waals surface area (Å²) in [7, 11) is 0. The van der Waals surface area contributed by atoms with Gasteiger partial charge >= 0.3 is 12.1 Å². The molecule has 0 aliphatic carbocycles. The highest BCUT2D eigenvalue weighted by molar-refractivity contribution is 5.86. The molecule has 130 valence electrons. The van der Waals surface area contributed by atoms with Crippen LogP contribution in [-0.4, -0.2) is 15.7 Å². The van der Waals surface area contributed by atoms with Crippen molar-refractivity contribution >= 4 is 5.97 Å². The second-order valence-corrected chi connectivity index (χ2v) is 5.24. The number of furan rings is 1. The lowest BCUT2D eigenvalue weighted by Crippen LogP contribution is -2.06. The van der Waals surface area contributed by atoms with Crippen molar-refractivity contribution in [2.75, 3.05) is 0 Å². The smallest absolute Gasteiger partial charge is 0.416 e. The Kier molecular flexibility index (Phi) is 4.60. The van der Waals surface area contributed by atoms with E-state index in [0.717, 1.165) is 12.1 Å². The number of benzene rings is 1. The van der Waals surface area contributed by atoms with Crippen LogP contribution < -0.4 is 0 Å². The van der Waals surface area contributed by atoms with Gasteiger partial charge in [-0.1, -0.05) is 12.1 Å². The molecular weight excluding hydrogens is 337 g/mol. The molecule has 0 bridgehead atoms. The van der Waals surface area contributed by atoms with Crippen LogP contribution in [0.3, 0.4) is 0 Å². The summed E-state index contributed by atoms with van der Waals surface area (Å²) in [6.45, 7) is 0.228. The predicted octanol–water partition coefficient (Wildman–Crippen LogP) is 3.90. The van der Waals surface area contributed by atoms with Crippen molar-refractivity contribution in [3.8, 4) is 0 Å². The highest BCUT2D eigenvalue weighted by Gasteiger charge is 2.29. The van der Waals surface area contributed by atoms with Crippen LogP contribution in [0.2, 0.25) is 0 Å². The number of halogens is 3. The molecule has 0 atom stereocenters. The molecule has 5 nitrogen and oxygen atoms in total. The summed E-state index contributed by atoms with van der Waals surface area (Å²) in [6.07, 6.45) is -1.01. The van der Waals surface area contributed by atoms with Crippen molar-refractivity contribution in [2.24, 2.45) is 0 Å². The monoisotopic (exact) mass is 350 g/mol. The number of hydrogen-bond donors (Lipinski definition) is 0. The Morgan fingerprint density at radius 2 is 1.92 bits per heavy atom. The highest BCUT2D eigenvalue weighted by Crippen LogP contribution is 2.29. The van der Waals surface area contributed by atoms with Gasteiger partial charge in [0.2, 0.25) is 5.76 Å². The third-order valence-corrected chi connectivity index (χ3v) is 3.39. The molecule has 0 saturated carbocycles. The largest absolute Gasteiger partial charge is 0.455 e. The maximum atomic E-state index is 12.5. The number of carbonyl (C=O) groups is 1. The number of hydrogen-bond acceptors (Lipinski definition) is 4. The molecule has 0 fully saturated rings. The summed E-state index contributed by atoms with van der Waals surface area (Å²) in [6, 6.07) is 9.30. The molecule has 3 rings (SSSR count). The number of ether oxygens (including phenoxy) is 1. The highest BCUT2D eigenvalue weighted by atomic mass is 19.4. The van der Waals surface area contributed by atoms with Crippen LogP contribution in [0.25, 0.3) is 0 Å². The van der Waals surface area contributed by atoms with E-state index in [-0.39, 0.29) is 12.4 Å². The number of nitrogens with zero attached hydrogens (tertiary/aromatic N) is 2. The van der Waals surface area contributed by atoms with Crippen molar-refractivity contribution in [3.63, 3.8) is 0 Å². The minimum absolute atomic E-state index is 0.0223. The van der Waals surface area contributed by atoms with Gasteiger partial charge in [0, 0.05) is 12.4 Å². The Morgan fingerprint density at radius 3 is 2.56 bits per heavy atom. The molecule has 3 aromatic rings. The first-order valence-electron chi connectivity index (χ1n) is 7.31. The number of carbonyl (C=O) groups excluding carboxylic acids is 1. The van der Waals surface area contributed by atoms with E-state index in [2.05, 4.69) is 5.10 Å².